The first kappa shape index (κ1) is 85.1. The lowest BCUT2D eigenvalue weighted by atomic mass is 9.67. The minimum atomic E-state index is -0.384. The number of rotatable bonds is 19. The summed E-state index contributed by atoms with van der Waals surface area (Å²) in [5, 5.41) is 49.4. The van der Waals surface area contributed by atoms with Gasteiger partial charge in [-0.25, -0.2) is 5.26 Å². The molecule has 11 heteroatoms. The Morgan fingerprint density at radius 2 is 1.07 bits per heavy atom. The summed E-state index contributed by atoms with van der Waals surface area (Å²) in [5.41, 5.74) is 15.0. The van der Waals surface area contributed by atoms with Crippen LogP contribution in [0.5, 0.6) is 46.0 Å². The number of benzene rings is 5. The lowest BCUT2D eigenvalue weighted by molar-refractivity contribution is 0.00748. The summed E-state index contributed by atoms with van der Waals surface area (Å²) >= 11 is 0. The van der Waals surface area contributed by atoms with E-state index in [9.17, 15) is 20.4 Å². The van der Waals surface area contributed by atoms with Gasteiger partial charge in [-0.2, -0.15) is 5.82 Å². The summed E-state index contributed by atoms with van der Waals surface area (Å²) in [7, 11) is 8.53. The summed E-state index contributed by atoms with van der Waals surface area (Å²) in [4.78, 5) is 0. The van der Waals surface area contributed by atoms with Crippen molar-refractivity contribution in [3.8, 4) is 75.3 Å². The van der Waals surface area contributed by atoms with E-state index in [1.165, 1.54) is 104 Å². The summed E-state index contributed by atoms with van der Waals surface area (Å²) in [6.45, 7) is 34.7. The highest BCUT2D eigenvalue weighted by molar-refractivity contribution is 6.21. The Bertz CT molecular complexity index is 3660. The first-order chi connectivity index (χ1) is 46.5. The Labute approximate surface area is 609 Å². The topological polar surface area (TPSA) is 142 Å². The third-order valence-corrected chi connectivity index (χ3v) is 20.3. The van der Waals surface area contributed by atoms with Gasteiger partial charge in [0.15, 0.2) is 7.85 Å². The van der Waals surface area contributed by atoms with Crippen molar-refractivity contribution in [3.05, 3.63) is 158 Å². The van der Waals surface area contributed by atoms with Crippen LogP contribution in [0.25, 0.3) is 17.2 Å². The van der Waals surface area contributed by atoms with Crippen molar-refractivity contribution in [1.82, 2.24) is 0 Å². The second kappa shape index (κ2) is 39.2. The second-order valence-corrected chi connectivity index (χ2v) is 30.2. The number of fused-ring (bicyclic) bond motifs is 10. The van der Waals surface area contributed by atoms with Crippen molar-refractivity contribution < 1.29 is 39.4 Å². The van der Waals surface area contributed by atoms with E-state index in [-0.39, 0.29) is 43.2 Å². The Kier molecular flexibility index (Phi) is 33.3. The van der Waals surface area contributed by atoms with Crippen molar-refractivity contribution in [3.63, 3.8) is 0 Å². The molecule has 540 valence electrons. The Morgan fingerprint density at radius 1 is 0.600 bits per heavy atom. The van der Waals surface area contributed by atoms with Gasteiger partial charge >= 0.3 is 0 Å². The molecule has 0 saturated heterocycles. The van der Waals surface area contributed by atoms with Gasteiger partial charge in [0, 0.05) is 40.4 Å². The minimum Gasteiger partial charge on any atom is -0.508 e. The second-order valence-electron chi connectivity index (χ2n) is 30.2. The lowest BCUT2D eigenvalue weighted by Gasteiger charge is -2.47. The van der Waals surface area contributed by atoms with E-state index in [1.54, 1.807) is 5.82 Å². The number of aromatic hydroxyl groups is 4. The number of hydrogen-bond donors (Lipinski definition) is 4. The molecule has 11 rings (SSSR count). The number of phenolic OH excluding ortho intramolecular Hbond substituents is 4. The SMILES string of the molecule is C.C.CCCCCc1cc(O)c2c(c1)OC(C)(C)C1CC=C(C)CC21.CCCCCc1cc(O)c2c(c1)OC(C)(C)C1CCC(C)=CC21.CCCCCc1cc(O)c2c(c1)OC(C)(C)c1ccc(C)cc1-2.CCCCCc1cc(O)c2c(c1)OC(C)(CCC=C(C)C)C=C2.[B]C#C.[B]C#N. The van der Waals surface area contributed by atoms with E-state index in [0.717, 1.165) is 145 Å². The van der Waals surface area contributed by atoms with Gasteiger partial charge in [-0.3, -0.25) is 0 Å². The van der Waals surface area contributed by atoms with E-state index in [2.05, 4.69) is 200 Å². The molecule has 0 aromatic heterocycles. The number of terminal acetylenes is 1. The summed E-state index contributed by atoms with van der Waals surface area (Å²) in [6.07, 6.45) is 40.1. The molecule has 6 aliphatic rings. The number of allylic oxidation sites excluding steroid dienone is 6. The maximum Gasteiger partial charge on any atom is 0.229 e. The molecule has 0 spiro atoms. The third-order valence-electron chi connectivity index (χ3n) is 20.3. The number of phenols is 4. The average Bonchev–Trinajstić information content (AvgIpc) is 0.759. The number of ether oxygens (including phenoxy) is 4. The number of nitrogens with zero attached hydrogens (tertiary/aromatic N) is 1. The first-order valence-corrected chi connectivity index (χ1v) is 36.7. The van der Waals surface area contributed by atoms with Crippen molar-refractivity contribution in [2.75, 3.05) is 0 Å². The third kappa shape index (κ3) is 22.8. The summed E-state index contributed by atoms with van der Waals surface area (Å²) in [5.74, 6) is 9.50. The summed E-state index contributed by atoms with van der Waals surface area (Å²) in [6, 6.07) is 22.6. The van der Waals surface area contributed by atoms with Crippen LogP contribution in [0.4, 0.5) is 0 Å². The Morgan fingerprint density at radius 3 is 1.59 bits per heavy atom. The quantitative estimate of drug-likeness (QED) is 0.0275. The molecule has 4 aliphatic heterocycles. The molecule has 4 heterocycles. The highest BCUT2D eigenvalue weighted by Crippen LogP contribution is 2.56. The minimum absolute atomic E-state index is 0. The maximum atomic E-state index is 10.7. The largest absolute Gasteiger partial charge is 0.508 e. The molecule has 2 aliphatic carbocycles. The van der Waals surface area contributed by atoms with E-state index in [1.807, 2.05) is 30.3 Å². The van der Waals surface area contributed by atoms with Gasteiger partial charge in [0.1, 0.15) is 68.4 Å². The monoisotopic (exact) mass is 1360 g/mol. The van der Waals surface area contributed by atoms with Crippen LogP contribution in [0.2, 0.25) is 0 Å². The highest BCUT2D eigenvalue weighted by atomic mass is 16.5. The molecular weight excluding hydrogens is 1230 g/mol. The molecule has 0 fully saturated rings. The number of aryl methyl sites for hydroxylation is 5. The molecule has 5 unspecified atom stereocenters. The number of nitriles is 1. The van der Waals surface area contributed by atoms with Gasteiger partial charge in [0.25, 0.3) is 0 Å². The lowest BCUT2D eigenvalue weighted by Crippen LogP contribution is -2.45. The molecular formula is C89H125B2NO8. The van der Waals surface area contributed by atoms with Crippen LogP contribution in [0.3, 0.4) is 0 Å². The van der Waals surface area contributed by atoms with Gasteiger partial charge in [0.2, 0.25) is 7.85 Å². The average molecular weight is 1360 g/mol. The van der Waals surface area contributed by atoms with E-state index >= 15 is 0 Å². The van der Waals surface area contributed by atoms with Crippen LogP contribution in [0.1, 0.15) is 296 Å². The number of unbranched alkanes of at least 4 members (excludes halogenated alkanes) is 8. The fourth-order valence-corrected chi connectivity index (χ4v) is 15.1. The standard InChI is InChI=1S/2C21H30O2.C21H26O2.C21H30O2.C2HB.CBN.2CH4/c3*1-5-6-7-8-15-12-18(22)20-16-11-14(2)9-10-17(16)21(3,4)23-19(20)13-15;1-5-6-7-10-17-14-19(22)18-11-13-21(4,23-20(18)15-17)12-8-9-16(2)3;1-2-3;2-1-3;;/h11-13,16-17,22H,5-10H2,1-4H3;9,12-13,16-17,22H,5-8,10-11H2,1-4H3;9-13,22H,5-8H2,1-4H3;9,11,13-15,22H,5-8,10,12H2,1-4H3;1H;;2*1H4. The van der Waals surface area contributed by atoms with Gasteiger partial charge in [-0.1, -0.05) is 153 Å². The van der Waals surface area contributed by atoms with Crippen LogP contribution in [0.15, 0.2) is 108 Å². The normalized spacial score (nSPS) is 19.5. The van der Waals surface area contributed by atoms with Crippen molar-refractivity contribution in [2.24, 2.45) is 11.8 Å². The first-order valence-electron chi connectivity index (χ1n) is 36.7. The predicted molar refractivity (Wildman–Crippen MR) is 423 cm³/mol. The fraction of sp³-hybridized carbons (Fsp3) is 0.539. The molecule has 0 amide bonds. The van der Waals surface area contributed by atoms with Crippen LogP contribution in [0, 0.1) is 42.2 Å². The molecule has 4 N–H and O–H groups in total. The van der Waals surface area contributed by atoms with Crippen LogP contribution in [-0.4, -0.2) is 52.9 Å². The van der Waals surface area contributed by atoms with Gasteiger partial charge < -0.3 is 39.4 Å². The molecule has 100 heavy (non-hydrogen) atoms. The molecule has 0 saturated carbocycles. The summed E-state index contributed by atoms with van der Waals surface area (Å²) < 4.78 is 25.2. The van der Waals surface area contributed by atoms with Crippen LogP contribution < -0.4 is 18.9 Å². The van der Waals surface area contributed by atoms with Crippen LogP contribution in [-0.2, 0) is 31.3 Å². The van der Waals surface area contributed by atoms with Crippen molar-refractivity contribution >= 4 is 21.8 Å². The zero-order chi connectivity index (χ0) is 72.1. The maximum absolute atomic E-state index is 10.7. The van der Waals surface area contributed by atoms with Gasteiger partial charge in [-0.15, -0.1) is 6.42 Å². The predicted octanol–water partition coefficient (Wildman–Crippen LogP) is 23.9. The number of hydrogen-bond acceptors (Lipinski definition) is 9. The molecule has 0 bridgehead atoms. The van der Waals surface area contributed by atoms with E-state index < -0.39 is 0 Å². The molecule has 9 nitrogen and oxygen atoms in total. The van der Waals surface area contributed by atoms with E-state index in [0.29, 0.717) is 40.8 Å². The highest BCUT2D eigenvalue weighted by Gasteiger charge is 2.47. The van der Waals surface area contributed by atoms with Gasteiger partial charge in [-0.05, 0) is 267 Å². The molecule has 4 radical (unpaired) electrons. The smallest absolute Gasteiger partial charge is 0.229 e. The van der Waals surface area contributed by atoms with Crippen molar-refractivity contribution in [2.45, 2.75) is 301 Å². The fourth-order valence-electron chi connectivity index (χ4n) is 15.1. The van der Waals surface area contributed by atoms with E-state index in [4.69, 9.17) is 24.2 Å². The molecule has 5 aromatic rings. The zero-order valence-electron chi connectivity index (χ0n) is 62.7. The zero-order valence-corrected chi connectivity index (χ0v) is 62.7. The van der Waals surface area contributed by atoms with Gasteiger partial charge in [0.05, 0.1) is 11.1 Å². The van der Waals surface area contributed by atoms with Crippen LogP contribution >= 0.6 is 0 Å². The Hall–Kier alpha value is -7.36. The Balaban J connectivity index is 0.000000273. The molecule has 5 aromatic carbocycles. The van der Waals surface area contributed by atoms with Crippen molar-refractivity contribution in [1.29, 1.82) is 5.26 Å². The molecule has 5 atom stereocenters.